The van der Waals surface area contributed by atoms with Crippen molar-refractivity contribution in [3.8, 4) is 0 Å². The lowest BCUT2D eigenvalue weighted by molar-refractivity contribution is 0.629. The predicted octanol–water partition coefficient (Wildman–Crippen LogP) is 5.09. The van der Waals surface area contributed by atoms with Gasteiger partial charge in [-0.1, -0.05) is 41.5 Å². The van der Waals surface area contributed by atoms with E-state index in [0.717, 1.165) is 16.9 Å². The van der Waals surface area contributed by atoms with Gasteiger partial charge in [-0.15, -0.1) is 0 Å². The van der Waals surface area contributed by atoms with Gasteiger partial charge in [0.15, 0.2) is 0 Å². The standard InChI is InChI=1S/C8H7FN2.3C2H6/c1-5-10-7-3-2-6(9)4-8(7)11-5;3*1-2/h2-4H,1H3,(H,10,11);3*1-2H3. The second-order valence-electron chi connectivity index (χ2n) is 2.48. The van der Waals surface area contributed by atoms with Crippen LogP contribution in [0, 0.1) is 12.7 Å². The highest BCUT2D eigenvalue weighted by Crippen LogP contribution is 2.11. The first-order valence-corrected chi connectivity index (χ1v) is 6.37. The van der Waals surface area contributed by atoms with Crippen LogP contribution in [0.1, 0.15) is 47.4 Å². The normalized spacial score (nSPS) is 8.00. The molecule has 0 unspecified atom stereocenters. The average Bonchev–Trinajstić information content (AvgIpc) is 2.76. The molecule has 2 nitrogen and oxygen atoms in total. The highest BCUT2D eigenvalue weighted by Gasteiger charge is 1.98. The Morgan fingerprint density at radius 2 is 1.53 bits per heavy atom. The summed E-state index contributed by atoms with van der Waals surface area (Å²) in [5.41, 5.74) is 1.56. The molecule has 0 spiro atoms. The number of aryl methyl sites for hydroxylation is 1. The molecular formula is C14H25FN2. The van der Waals surface area contributed by atoms with Crippen LogP contribution >= 0.6 is 0 Å². The molecule has 0 fully saturated rings. The third-order valence-corrected chi connectivity index (χ3v) is 1.56. The molecule has 0 aliphatic rings. The smallest absolute Gasteiger partial charge is 0.125 e. The minimum Gasteiger partial charge on any atom is -0.342 e. The van der Waals surface area contributed by atoms with Crippen molar-refractivity contribution < 1.29 is 4.39 Å². The van der Waals surface area contributed by atoms with Gasteiger partial charge in [-0.2, -0.15) is 0 Å². The quantitative estimate of drug-likeness (QED) is 0.682. The summed E-state index contributed by atoms with van der Waals surface area (Å²) in [6, 6.07) is 4.51. The molecule has 2 aromatic rings. The SMILES string of the molecule is CC.CC.CC.Cc1nc2ccc(F)cc2[nH]1. The molecule has 0 aliphatic heterocycles. The maximum absolute atomic E-state index is 12.6. The molecule has 0 aliphatic carbocycles. The molecule has 3 heteroatoms. The maximum atomic E-state index is 12.6. The summed E-state index contributed by atoms with van der Waals surface area (Å²) in [5.74, 6) is 0.576. The maximum Gasteiger partial charge on any atom is 0.125 e. The Bertz CT molecular complexity index is 394. The van der Waals surface area contributed by atoms with E-state index in [1.165, 1.54) is 12.1 Å². The van der Waals surface area contributed by atoms with Gasteiger partial charge in [0, 0.05) is 0 Å². The molecule has 17 heavy (non-hydrogen) atoms. The van der Waals surface area contributed by atoms with E-state index in [4.69, 9.17) is 0 Å². The summed E-state index contributed by atoms with van der Waals surface area (Å²) in [7, 11) is 0. The Labute approximate surface area is 104 Å². The van der Waals surface area contributed by atoms with Crippen LogP contribution in [-0.4, -0.2) is 9.97 Å². The number of nitrogens with one attached hydrogen (secondary N) is 1. The molecule has 1 heterocycles. The van der Waals surface area contributed by atoms with Gasteiger partial charge in [-0.3, -0.25) is 0 Å². The number of aromatic nitrogens is 2. The second-order valence-corrected chi connectivity index (χ2v) is 2.48. The summed E-state index contributed by atoms with van der Waals surface area (Å²) in [4.78, 5) is 7.08. The van der Waals surface area contributed by atoms with E-state index in [9.17, 15) is 4.39 Å². The van der Waals surface area contributed by atoms with Crippen LogP contribution in [-0.2, 0) is 0 Å². The molecular weight excluding hydrogens is 215 g/mol. The minimum absolute atomic E-state index is 0.235. The number of fused-ring (bicyclic) bond motifs is 1. The summed E-state index contributed by atoms with van der Waals surface area (Å²) in [5, 5.41) is 0. The molecule has 2 rings (SSSR count). The van der Waals surface area contributed by atoms with Crippen molar-refractivity contribution in [2.75, 3.05) is 0 Å². The van der Waals surface area contributed by atoms with Gasteiger partial charge in [0.2, 0.25) is 0 Å². The molecule has 1 aromatic heterocycles. The third-order valence-electron chi connectivity index (χ3n) is 1.56. The van der Waals surface area contributed by atoms with Crippen molar-refractivity contribution in [1.82, 2.24) is 9.97 Å². The number of rotatable bonds is 0. The van der Waals surface area contributed by atoms with Gasteiger partial charge >= 0.3 is 0 Å². The van der Waals surface area contributed by atoms with Gasteiger partial charge in [-0.05, 0) is 25.1 Å². The molecule has 0 amide bonds. The topological polar surface area (TPSA) is 28.7 Å². The van der Waals surface area contributed by atoms with Crippen LogP contribution in [0.25, 0.3) is 11.0 Å². The van der Waals surface area contributed by atoms with Crippen LogP contribution in [0.5, 0.6) is 0 Å². The number of H-pyrrole nitrogens is 1. The molecule has 0 bridgehead atoms. The molecule has 0 saturated carbocycles. The fourth-order valence-corrected chi connectivity index (χ4v) is 1.11. The number of benzene rings is 1. The Hall–Kier alpha value is -1.38. The van der Waals surface area contributed by atoms with E-state index in [0.29, 0.717) is 0 Å². The Balaban J connectivity index is 0. The zero-order valence-corrected chi connectivity index (χ0v) is 12.1. The largest absolute Gasteiger partial charge is 0.342 e. The van der Waals surface area contributed by atoms with Crippen molar-refractivity contribution in [2.24, 2.45) is 0 Å². The van der Waals surface area contributed by atoms with Crippen molar-refractivity contribution in [2.45, 2.75) is 48.5 Å². The van der Waals surface area contributed by atoms with Crippen LogP contribution in [0.4, 0.5) is 4.39 Å². The van der Waals surface area contributed by atoms with Gasteiger partial charge in [-0.25, -0.2) is 9.37 Å². The summed E-state index contributed by atoms with van der Waals surface area (Å²) in [6.45, 7) is 13.8. The first-order chi connectivity index (χ1) is 8.25. The van der Waals surface area contributed by atoms with Crippen LogP contribution in [0.3, 0.4) is 0 Å². The first kappa shape index (κ1) is 18.0. The lowest BCUT2D eigenvalue weighted by Crippen LogP contribution is -1.72. The first-order valence-electron chi connectivity index (χ1n) is 6.37. The van der Waals surface area contributed by atoms with Gasteiger partial charge < -0.3 is 4.98 Å². The summed E-state index contributed by atoms with van der Waals surface area (Å²) in [6.07, 6.45) is 0. The van der Waals surface area contributed by atoms with Gasteiger partial charge in [0.25, 0.3) is 0 Å². The second kappa shape index (κ2) is 11.1. The molecule has 0 radical (unpaired) electrons. The zero-order valence-electron chi connectivity index (χ0n) is 12.1. The molecule has 98 valence electrons. The number of hydrogen-bond donors (Lipinski definition) is 1. The number of halogens is 1. The van der Waals surface area contributed by atoms with Crippen LogP contribution in [0.15, 0.2) is 18.2 Å². The van der Waals surface area contributed by atoms with Crippen LogP contribution in [0.2, 0.25) is 0 Å². The lowest BCUT2D eigenvalue weighted by Gasteiger charge is -1.86. The Kier molecular flexibility index (Phi) is 11.8. The van der Waals surface area contributed by atoms with E-state index in [1.807, 2.05) is 48.5 Å². The number of imidazole rings is 1. The van der Waals surface area contributed by atoms with E-state index in [1.54, 1.807) is 6.07 Å². The van der Waals surface area contributed by atoms with Crippen molar-refractivity contribution in [3.63, 3.8) is 0 Å². The summed E-state index contributed by atoms with van der Waals surface area (Å²) < 4.78 is 12.6. The average molecular weight is 240 g/mol. The fourth-order valence-electron chi connectivity index (χ4n) is 1.11. The number of hydrogen-bond acceptors (Lipinski definition) is 1. The van der Waals surface area contributed by atoms with Crippen molar-refractivity contribution in [1.29, 1.82) is 0 Å². The van der Waals surface area contributed by atoms with Gasteiger partial charge in [0.1, 0.15) is 11.6 Å². The van der Waals surface area contributed by atoms with E-state index in [-0.39, 0.29) is 5.82 Å². The van der Waals surface area contributed by atoms with E-state index in [2.05, 4.69) is 9.97 Å². The lowest BCUT2D eigenvalue weighted by atomic mass is 10.3. The molecule has 0 saturated heterocycles. The monoisotopic (exact) mass is 240 g/mol. The predicted molar refractivity (Wildman–Crippen MR) is 74.8 cm³/mol. The van der Waals surface area contributed by atoms with Crippen molar-refractivity contribution in [3.05, 3.63) is 29.8 Å². The van der Waals surface area contributed by atoms with Crippen LogP contribution < -0.4 is 0 Å². The van der Waals surface area contributed by atoms with Crippen molar-refractivity contribution >= 4 is 11.0 Å². The fraction of sp³-hybridized carbons (Fsp3) is 0.500. The van der Waals surface area contributed by atoms with E-state index < -0.39 is 0 Å². The Morgan fingerprint density at radius 1 is 1.00 bits per heavy atom. The highest BCUT2D eigenvalue weighted by atomic mass is 19.1. The minimum atomic E-state index is -0.235. The number of aromatic amines is 1. The summed E-state index contributed by atoms with van der Waals surface area (Å²) >= 11 is 0. The Morgan fingerprint density at radius 3 is 2.06 bits per heavy atom. The van der Waals surface area contributed by atoms with E-state index >= 15 is 0 Å². The molecule has 0 atom stereocenters. The van der Waals surface area contributed by atoms with Gasteiger partial charge in [0.05, 0.1) is 11.0 Å². The number of nitrogens with zero attached hydrogens (tertiary/aromatic N) is 1. The highest BCUT2D eigenvalue weighted by molar-refractivity contribution is 5.74. The molecule has 1 N–H and O–H groups in total. The third kappa shape index (κ3) is 6.05. The molecule has 1 aromatic carbocycles. The zero-order chi connectivity index (χ0) is 13.8.